The number of nitrogens with zero attached hydrogens (tertiary/aromatic N) is 2. The van der Waals surface area contributed by atoms with E-state index in [2.05, 4.69) is 37.9 Å². The van der Waals surface area contributed by atoms with Crippen LogP contribution in [-0.2, 0) is 5.41 Å². The molecule has 2 aromatic heterocycles. The Morgan fingerprint density at radius 3 is 2.48 bits per heavy atom. The highest BCUT2D eigenvalue weighted by Gasteiger charge is 2.13. The normalized spacial score (nSPS) is 11.8. The second-order valence-corrected chi connectivity index (χ2v) is 6.48. The van der Waals surface area contributed by atoms with Crippen molar-refractivity contribution in [3.05, 3.63) is 59.4 Å². The van der Waals surface area contributed by atoms with Gasteiger partial charge in [-0.2, -0.15) is 0 Å². The van der Waals surface area contributed by atoms with Gasteiger partial charge in [0.25, 0.3) is 0 Å². The first kappa shape index (κ1) is 14.0. The van der Waals surface area contributed by atoms with Crippen LogP contribution >= 0.6 is 11.6 Å². The van der Waals surface area contributed by atoms with Gasteiger partial charge in [-0.25, -0.2) is 4.98 Å². The van der Waals surface area contributed by atoms with E-state index in [1.54, 1.807) is 18.3 Å². The minimum atomic E-state index is 0.131. The van der Waals surface area contributed by atoms with Crippen molar-refractivity contribution in [3.63, 3.8) is 0 Å². The molecule has 21 heavy (non-hydrogen) atoms. The molecule has 0 saturated carbocycles. The first-order chi connectivity index (χ1) is 9.93. The van der Waals surface area contributed by atoms with Crippen LogP contribution < -0.4 is 4.74 Å². The SMILES string of the molecule is CC(C)(C)c1ccc(Oc2cc(Cl)cc3nccn23)cc1. The molecule has 0 N–H and O–H groups in total. The smallest absolute Gasteiger partial charge is 0.207 e. The zero-order valence-electron chi connectivity index (χ0n) is 12.3. The number of hydrogen-bond acceptors (Lipinski definition) is 2. The number of imidazole rings is 1. The zero-order valence-corrected chi connectivity index (χ0v) is 13.1. The first-order valence-electron chi connectivity index (χ1n) is 6.84. The van der Waals surface area contributed by atoms with Gasteiger partial charge < -0.3 is 4.74 Å². The van der Waals surface area contributed by atoms with E-state index >= 15 is 0 Å². The van der Waals surface area contributed by atoms with E-state index in [9.17, 15) is 0 Å². The quantitative estimate of drug-likeness (QED) is 0.660. The van der Waals surface area contributed by atoms with Gasteiger partial charge in [0.2, 0.25) is 5.88 Å². The summed E-state index contributed by atoms with van der Waals surface area (Å²) in [7, 11) is 0. The highest BCUT2D eigenvalue weighted by atomic mass is 35.5. The highest BCUT2D eigenvalue weighted by Crippen LogP contribution is 2.28. The van der Waals surface area contributed by atoms with Gasteiger partial charge in [0, 0.05) is 29.5 Å². The summed E-state index contributed by atoms with van der Waals surface area (Å²) >= 11 is 6.10. The molecule has 2 heterocycles. The van der Waals surface area contributed by atoms with Gasteiger partial charge in [0.15, 0.2) is 0 Å². The lowest BCUT2D eigenvalue weighted by Crippen LogP contribution is -2.10. The maximum Gasteiger partial charge on any atom is 0.207 e. The average molecular weight is 301 g/mol. The summed E-state index contributed by atoms with van der Waals surface area (Å²) in [6.07, 6.45) is 3.58. The zero-order chi connectivity index (χ0) is 15.0. The molecule has 0 amide bonds. The standard InChI is InChI=1S/C17H17ClN2O/c1-17(2,3)12-4-6-14(7-5-12)21-16-11-13(18)10-15-19-8-9-20(15)16/h4-11H,1-3H3. The molecule has 0 spiro atoms. The molecule has 3 rings (SSSR count). The van der Waals surface area contributed by atoms with Crippen molar-refractivity contribution in [1.82, 2.24) is 9.38 Å². The Balaban J connectivity index is 1.93. The molecule has 0 aliphatic carbocycles. The molecule has 3 nitrogen and oxygen atoms in total. The summed E-state index contributed by atoms with van der Waals surface area (Å²) in [5.74, 6) is 1.43. The fourth-order valence-electron chi connectivity index (χ4n) is 2.18. The molecule has 0 unspecified atom stereocenters. The van der Waals surface area contributed by atoms with Crippen LogP contribution in [-0.4, -0.2) is 9.38 Å². The number of fused-ring (bicyclic) bond motifs is 1. The fraction of sp³-hybridized carbons (Fsp3) is 0.235. The minimum Gasteiger partial charge on any atom is -0.440 e. The van der Waals surface area contributed by atoms with Crippen LogP contribution in [0.4, 0.5) is 0 Å². The summed E-state index contributed by atoms with van der Waals surface area (Å²) in [5.41, 5.74) is 2.17. The fourth-order valence-corrected chi connectivity index (χ4v) is 2.37. The Hall–Kier alpha value is -2.00. The van der Waals surface area contributed by atoms with E-state index in [1.165, 1.54) is 5.56 Å². The molecule has 3 aromatic rings. The van der Waals surface area contributed by atoms with Crippen LogP contribution in [0.25, 0.3) is 5.65 Å². The maximum absolute atomic E-state index is 6.10. The van der Waals surface area contributed by atoms with Crippen LogP contribution in [0, 0.1) is 0 Å². The minimum absolute atomic E-state index is 0.131. The number of benzene rings is 1. The van der Waals surface area contributed by atoms with E-state index in [0.717, 1.165) is 11.4 Å². The highest BCUT2D eigenvalue weighted by molar-refractivity contribution is 6.31. The van der Waals surface area contributed by atoms with Crippen molar-refractivity contribution in [2.24, 2.45) is 0 Å². The second kappa shape index (κ2) is 5.08. The van der Waals surface area contributed by atoms with Crippen LogP contribution in [0.1, 0.15) is 26.3 Å². The number of rotatable bonds is 2. The van der Waals surface area contributed by atoms with Crippen LogP contribution in [0.3, 0.4) is 0 Å². The monoisotopic (exact) mass is 300 g/mol. The third-order valence-corrected chi connectivity index (χ3v) is 3.60. The molecule has 108 valence electrons. The molecule has 0 aliphatic rings. The summed E-state index contributed by atoms with van der Waals surface area (Å²) < 4.78 is 7.80. The Labute approximate surface area is 129 Å². The number of aromatic nitrogens is 2. The first-order valence-corrected chi connectivity index (χ1v) is 7.22. The molecular weight excluding hydrogens is 284 g/mol. The Bertz CT molecular complexity index is 770. The van der Waals surface area contributed by atoms with Crippen molar-refractivity contribution < 1.29 is 4.74 Å². The molecule has 0 atom stereocenters. The number of ether oxygens (including phenoxy) is 1. The van der Waals surface area contributed by atoms with E-state index in [1.807, 2.05) is 22.7 Å². The van der Waals surface area contributed by atoms with E-state index in [-0.39, 0.29) is 5.41 Å². The summed E-state index contributed by atoms with van der Waals surface area (Å²) in [4.78, 5) is 4.23. The van der Waals surface area contributed by atoms with Crippen molar-refractivity contribution in [2.45, 2.75) is 26.2 Å². The van der Waals surface area contributed by atoms with Gasteiger partial charge in [-0.1, -0.05) is 44.5 Å². The van der Waals surface area contributed by atoms with Gasteiger partial charge in [0.05, 0.1) is 0 Å². The molecule has 0 aliphatic heterocycles. The van der Waals surface area contributed by atoms with E-state index < -0.39 is 0 Å². The third kappa shape index (κ3) is 2.88. The van der Waals surface area contributed by atoms with Gasteiger partial charge in [-0.3, -0.25) is 4.40 Å². The summed E-state index contributed by atoms with van der Waals surface area (Å²) in [6, 6.07) is 11.7. The van der Waals surface area contributed by atoms with Gasteiger partial charge in [-0.05, 0) is 23.1 Å². The van der Waals surface area contributed by atoms with Crippen LogP contribution in [0.15, 0.2) is 48.8 Å². The van der Waals surface area contributed by atoms with Crippen molar-refractivity contribution in [1.29, 1.82) is 0 Å². The predicted octanol–water partition coefficient (Wildman–Crippen LogP) is 5.08. The molecule has 0 saturated heterocycles. The lowest BCUT2D eigenvalue weighted by Gasteiger charge is -2.19. The van der Waals surface area contributed by atoms with Gasteiger partial charge in [0.1, 0.15) is 11.4 Å². The van der Waals surface area contributed by atoms with Crippen LogP contribution in [0.5, 0.6) is 11.6 Å². The van der Waals surface area contributed by atoms with Crippen molar-refractivity contribution >= 4 is 17.2 Å². The molecule has 4 heteroatoms. The molecular formula is C17H17ClN2O. The van der Waals surface area contributed by atoms with Crippen molar-refractivity contribution in [3.8, 4) is 11.6 Å². The number of pyridine rings is 1. The predicted molar refractivity (Wildman–Crippen MR) is 85.4 cm³/mol. The second-order valence-electron chi connectivity index (χ2n) is 6.04. The van der Waals surface area contributed by atoms with E-state index in [4.69, 9.17) is 16.3 Å². The summed E-state index contributed by atoms with van der Waals surface area (Å²) in [5, 5.41) is 0.606. The summed E-state index contributed by atoms with van der Waals surface area (Å²) in [6.45, 7) is 6.57. The number of hydrogen-bond donors (Lipinski definition) is 0. The molecule has 0 fully saturated rings. The average Bonchev–Trinajstić information content (AvgIpc) is 2.86. The third-order valence-electron chi connectivity index (χ3n) is 3.38. The van der Waals surface area contributed by atoms with Gasteiger partial charge >= 0.3 is 0 Å². The Morgan fingerprint density at radius 2 is 1.81 bits per heavy atom. The Morgan fingerprint density at radius 1 is 1.10 bits per heavy atom. The lowest BCUT2D eigenvalue weighted by molar-refractivity contribution is 0.455. The van der Waals surface area contributed by atoms with Crippen LogP contribution in [0.2, 0.25) is 5.02 Å². The Kier molecular flexibility index (Phi) is 3.38. The maximum atomic E-state index is 6.10. The molecule has 0 bridgehead atoms. The molecule has 0 radical (unpaired) electrons. The van der Waals surface area contributed by atoms with Crippen molar-refractivity contribution in [2.75, 3.05) is 0 Å². The number of halogens is 1. The van der Waals surface area contributed by atoms with Gasteiger partial charge in [-0.15, -0.1) is 0 Å². The van der Waals surface area contributed by atoms with E-state index in [0.29, 0.717) is 10.9 Å². The lowest BCUT2D eigenvalue weighted by atomic mass is 9.87. The topological polar surface area (TPSA) is 26.5 Å². The largest absolute Gasteiger partial charge is 0.440 e. The molecule has 1 aromatic carbocycles.